The Balaban J connectivity index is 2.05. The molecule has 0 aliphatic carbocycles. The van der Waals surface area contributed by atoms with Gasteiger partial charge in [-0.05, 0) is 48.4 Å². The molecular formula is C14H14BrNO. The molecule has 0 bridgehead atoms. The Morgan fingerprint density at radius 1 is 1.18 bits per heavy atom. The van der Waals surface area contributed by atoms with Crippen molar-refractivity contribution in [3.63, 3.8) is 0 Å². The Labute approximate surface area is 110 Å². The highest BCUT2D eigenvalue weighted by atomic mass is 79.9. The molecule has 0 saturated heterocycles. The fourth-order valence-corrected chi connectivity index (χ4v) is 1.80. The molecule has 0 fully saturated rings. The van der Waals surface area contributed by atoms with Crippen LogP contribution in [0.15, 0.2) is 46.9 Å². The zero-order chi connectivity index (χ0) is 12.3. The Bertz CT molecular complexity index is 525. The minimum absolute atomic E-state index is 0.534. The normalized spacial score (nSPS) is 10.2. The molecule has 2 aromatic carbocycles. The molecule has 0 aliphatic rings. The van der Waals surface area contributed by atoms with Gasteiger partial charge in [-0.25, -0.2) is 0 Å². The maximum absolute atomic E-state index is 5.71. The van der Waals surface area contributed by atoms with Gasteiger partial charge in [-0.1, -0.05) is 28.1 Å². The largest absolute Gasteiger partial charge is 0.489 e. The van der Waals surface area contributed by atoms with Crippen LogP contribution in [0.1, 0.15) is 11.1 Å². The van der Waals surface area contributed by atoms with Crippen molar-refractivity contribution in [2.75, 3.05) is 5.73 Å². The molecule has 2 aromatic rings. The molecule has 0 heterocycles. The van der Waals surface area contributed by atoms with E-state index in [1.54, 1.807) is 0 Å². The third-order valence-corrected chi connectivity index (χ3v) is 3.38. The molecule has 17 heavy (non-hydrogen) atoms. The molecule has 0 unspecified atom stereocenters. The first-order valence-electron chi connectivity index (χ1n) is 5.38. The lowest BCUT2D eigenvalue weighted by atomic mass is 10.2. The van der Waals surface area contributed by atoms with E-state index in [2.05, 4.69) is 15.9 Å². The first-order valence-corrected chi connectivity index (χ1v) is 6.18. The van der Waals surface area contributed by atoms with Crippen molar-refractivity contribution in [1.82, 2.24) is 0 Å². The van der Waals surface area contributed by atoms with E-state index in [9.17, 15) is 0 Å². The van der Waals surface area contributed by atoms with Crippen molar-refractivity contribution in [2.24, 2.45) is 0 Å². The molecule has 0 aromatic heterocycles. The molecule has 2 N–H and O–H groups in total. The molecule has 0 amide bonds. The van der Waals surface area contributed by atoms with Gasteiger partial charge in [0.1, 0.15) is 12.4 Å². The van der Waals surface area contributed by atoms with Crippen LogP contribution in [0.4, 0.5) is 5.69 Å². The van der Waals surface area contributed by atoms with E-state index in [0.29, 0.717) is 6.61 Å². The number of rotatable bonds is 3. The second-order valence-electron chi connectivity index (χ2n) is 3.94. The van der Waals surface area contributed by atoms with Gasteiger partial charge in [0.15, 0.2) is 0 Å². The van der Waals surface area contributed by atoms with Crippen LogP contribution in [0.3, 0.4) is 0 Å². The number of benzene rings is 2. The van der Waals surface area contributed by atoms with Gasteiger partial charge in [-0.15, -0.1) is 0 Å². The molecular weight excluding hydrogens is 278 g/mol. The number of nitrogens with two attached hydrogens (primary N) is 1. The average molecular weight is 292 g/mol. The van der Waals surface area contributed by atoms with Gasteiger partial charge >= 0.3 is 0 Å². The number of hydrogen-bond donors (Lipinski definition) is 1. The summed E-state index contributed by atoms with van der Waals surface area (Å²) in [7, 11) is 0. The summed E-state index contributed by atoms with van der Waals surface area (Å²) >= 11 is 3.46. The Morgan fingerprint density at radius 2 is 2.00 bits per heavy atom. The topological polar surface area (TPSA) is 35.2 Å². The van der Waals surface area contributed by atoms with Crippen LogP contribution >= 0.6 is 15.9 Å². The van der Waals surface area contributed by atoms with Crippen LogP contribution in [0, 0.1) is 6.92 Å². The van der Waals surface area contributed by atoms with Crippen LogP contribution in [0.2, 0.25) is 0 Å². The van der Waals surface area contributed by atoms with Crippen molar-refractivity contribution in [1.29, 1.82) is 0 Å². The van der Waals surface area contributed by atoms with Gasteiger partial charge in [0.25, 0.3) is 0 Å². The van der Waals surface area contributed by atoms with Crippen LogP contribution in [-0.2, 0) is 6.61 Å². The number of nitrogen functional groups attached to an aromatic ring is 1. The molecule has 0 spiro atoms. The molecule has 0 saturated carbocycles. The maximum Gasteiger partial charge on any atom is 0.120 e. The summed E-state index contributed by atoms with van der Waals surface area (Å²) in [5, 5.41) is 0. The second kappa shape index (κ2) is 5.23. The number of anilines is 1. The molecule has 2 rings (SSSR count). The lowest BCUT2D eigenvalue weighted by Gasteiger charge is -2.08. The van der Waals surface area contributed by atoms with Gasteiger partial charge in [0.2, 0.25) is 0 Å². The van der Waals surface area contributed by atoms with Crippen molar-refractivity contribution in [3.8, 4) is 5.75 Å². The van der Waals surface area contributed by atoms with E-state index in [1.165, 1.54) is 0 Å². The third-order valence-electron chi connectivity index (χ3n) is 2.49. The van der Waals surface area contributed by atoms with E-state index in [1.807, 2.05) is 49.4 Å². The van der Waals surface area contributed by atoms with Crippen LogP contribution < -0.4 is 10.5 Å². The Morgan fingerprint density at radius 3 is 2.71 bits per heavy atom. The van der Waals surface area contributed by atoms with E-state index in [-0.39, 0.29) is 0 Å². The predicted molar refractivity (Wildman–Crippen MR) is 74.1 cm³/mol. The minimum atomic E-state index is 0.534. The van der Waals surface area contributed by atoms with Crippen molar-refractivity contribution >= 4 is 21.6 Å². The lowest BCUT2D eigenvalue weighted by molar-refractivity contribution is 0.306. The molecule has 0 atom stereocenters. The number of hydrogen-bond acceptors (Lipinski definition) is 2. The first kappa shape index (κ1) is 12.0. The van der Waals surface area contributed by atoms with Gasteiger partial charge in [0.05, 0.1) is 0 Å². The van der Waals surface area contributed by atoms with Gasteiger partial charge in [-0.3, -0.25) is 0 Å². The number of aryl methyl sites for hydroxylation is 1. The van der Waals surface area contributed by atoms with Crippen LogP contribution in [0.25, 0.3) is 0 Å². The fraction of sp³-hybridized carbons (Fsp3) is 0.143. The highest BCUT2D eigenvalue weighted by Gasteiger charge is 1.99. The standard InChI is InChI=1S/C14H14BrNO/c1-10-7-13(5-6-14(10)15)17-9-11-3-2-4-12(16)8-11/h2-8H,9,16H2,1H3. The smallest absolute Gasteiger partial charge is 0.120 e. The Kier molecular flexibility index (Phi) is 3.69. The van der Waals surface area contributed by atoms with E-state index >= 15 is 0 Å². The fourth-order valence-electron chi connectivity index (χ4n) is 1.56. The van der Waals surface area contributed by atoms with Gasteiger partial charge in [0, 0.05) is 10.2 Å². The van der Waals surface area contributed by atoms with E-state index in [4.69, 9.17) is 10.5 Å². The monoisotopic (exact) mass is 291 g/mol. The van der Waals surface area contributed by atoms with Crippen molar-refractivity contribution < 1.29 is 4.74 Å². The third kappa shape index (κ3) is 3.24. The van der Waals surface area contributed by atoms with Gasteiger partial charge < -0.3 is 10.5 Å². The summed E-state index contributed by atoms with van der Waals surface area (Å²) in [6.45, 7) is 2.57. The quantitative estimate of drug-likeness (QED) is 0.870. The highest BCUT2D eigenvalue weighted by molar-refractivity contribution is 9.10. The van der Waals surface area contributed by atoms with Crippen LogP contribution in [0.5, 0.6) is 5.75 Å². The summed E-state index contributed by atoms with van der Waals surface area (Å²) < 4.78 is 6.80. The SMILES string of the molecule is Cc1cc(OCc2cccc(N)c2)ccc1Br. The first-order chi connectivity index (χ1) is 8.15. The number of halogens is 1. The van der Waals surface area contributed by atoms with Crippen molar-refractivity contribution in [2.45, 2.75) is 13.5 Å². The molecule has 0 radical (unpaired) electrons. The maximum atomic E-state index is 5.71. The average Bonchev–Trinajstić information content (AvgIpc) is 2.31. The van der Waals surface area contributed by atoms with Gasteiger partial charge in [-0.2, -0.15) is 0 Å². The molecule has 0 aliphatic heterocycles. The van der Waals surface area contributed by atoms with E-state index < -0.39 is 0 Å². The number of ether oxygens (including phenoxy) is 1. The Hall–Kier alpha value is -1.48. The second-order valence-corrected chi connectivity index (χ2v) is 4.80. The summed E-state index contributed by atoms with van der Waals surface area (Å²) in [6.07, 6.45) is 0. The van der Waals surface area contributed by atoms with Crippen molar-refractivity contribution in [3.05, 3.63) is 58.1 Å². The highest BCUT2D eigenvalue weighted by Crippen LogP contribution is 2.22. The molecule has 2 nitrogen and oxygen atoms in total. The minimum Gasteiger partial charge on any atom is -0.489 e. The summed E-state index contributed by atoms with van der Waals surface area (Å²) in [5.74, 6) is 0.869. The summed E-state index contributed by atoms with van der Waals surface area (Å²) in [4.78, 5) is 0. The molecule has 88 valence electrons. The zero-order valence-electron chi connectivity index (χ0n) is 9.61. The summed E-state index contributed by atoms with van der Waals surface area (Å²) in [6, 6.07) is 13.7. The van der Waals surface area contributed by atoms with E-state index in [0.717, 1.165) is 27.0 Å². The van der Waals surface area contributed by atoms with Crippen LogP contribution in [-0.4, -0.2) is 0 Å². The molecule has 3 heteroatoms. The summed E-state index contributed by atoms with van der Waals surface area (Å²) in [5.41, 5.74) is 8.71. The lowest BCUT2D eigenvalue weighted by Crippen LogP contribution is -1.96. The predicted octanol–water partition coefficient (Wildman–Crippen LogP) is 3.92. The zero-order valence-corrected chi connectivity index (χ0v) is 11.2.